The van der Waals surface area contributed by atoms with Crippen molar-refractivity contribution in [2.45, 2.75) is 11.6 Å². The second kappa shape index (κ2) is 3.94. The molecule has 1 aliphatic rings. The highest BCUT2D eigenvalue weighted by molar-refractivity contribution is 5.24. The van der Waals surface area contributed by atoms with Gasteiger partial charge >= 0.3 is 0 Å². The Balaban J connectivity index is 1.98. The van der Waals surface area contributed by atoms with Gasteiger partial charge in [0.15, 0.2) is 0 Å². The van der Waals surface area contributed by atoms with E-state index in [0.29, 0.717) is 6.61 Å². The molecule has 0 amide bonds. The van der Waals surface area contributed by atoms with E-state index in [1.54, 1.807) is 12.4 Å². The smallest absolute Gasteiger partial charge is 0.211 e. The minimum atomic E-state index is -0.842. The average molecular weight is 231 g/mol. The lowest BCUT2D eigenvalue weighted by molar-refractivity contribution is -0.258. The maximum atomic E-state index is 9.61. The van der Waals surface area contributed by atoms with Gasteiger partial charge < -0.3 is 9.84 Å². The summed E-state index contributed by atoms with van der Waals surface area (Å²) in [4.78, 5) is 1.45. The predicted octanol–water partition coefficient (Wildman–Crippen LogP) is 0.737. The molecule has 1 N–H and O–H groups in total. The Labute approximate surface area is 98.6 Å². The second-order valence-corrected chi connectivity index (χ2v) is 4.10. The quantitative estimate of drug-likeness (QED) is 0.846. The van der Waals surface area contributed by atoms with E-state index in [1.165, 1.54) is 4.80 Å². The molecular formula is C12H13N3O2. The highest BCUT2D eigenvalue weighted by atomic mass is 16.6. The van der Waals surface area contributed by atoms with Crippen LogP contribution in [0.1, 0.15) is 11.5 Å². The van der Waals surface area contributed by atoms with E-state index in [9.17, 15) is 5.11 Å². The molecule has 2 unspecified atom stereocenters. The molecule has 2 atom stereocenters. The van der Waals surface area contributed by atoms with Crippen molar-refractivity contribution < 1.29 is 9.84 Å². The van der Waals surface area contributed by atoms with Crippen molar-refractivity contribution in [2.24, 2.45) is 0 Å². The van der Waals surface area contributed by atoms with Gasteiger partial charge in [-0.05, 0) is 5.56 Å². The molecule has 3 rings (SSSR count). The molecule has 0 spiro atoms. The summed E-state index contributed by atoms with van der Waals surface area (Å²) in [6.45, 7) is 0.438. The normalized spacial score (nSPS) is 27.7. The Morgan fingerprint density at radius 1 is 1.29 bits per heavy atom. The van der Waals surface area contributed by atoms with Gasteiger partial charge in [0.1, 0.15) is 0 Å². The van der Waals surface area contributed by atoms with Gasteiger partial charge in [-0.25, -0.2) is 0 Å². The van der Waals surface area contributed by atoms with Crippen molar-refractivity contribution in [3.05, 3.63) is 48.3 Å². The van der Waals surface area contributed by atoms with E-state index in [2.05, 4.69) is 10.2 Å². The molecule has 5 nitrogen and oxygen atoms in total. The topological polar surface area (TPSA) is 60.2 Å². The monoisotopic (exact) mass is 231 g/mol. The van der Waals surface area contributed by atoms with Crippen LogP contribution in [0.2, 0.25) is 0 Å². The van der Waals surface area contributed by atoms with Crippen LogP contribution in [0.15, 0.2) is 42.7 Å². The maximum Gasteiger partial charge on any atom is 0.211 e. The number of rotatable bonds is 3. The first-order valence-electron chi connectivity index (χ1n) is 5.53. The number of hydrogen-bond acceptors (Lipinski definition) is 4. The molecular weight excluding hydrogens is 218 g/mol. The molecule has 1 aromatic heterocycles. The van der Waals surface area contributed by atoms with Crippen LogP contribution in [0.4, 0.5) is 0 Å². The van der Waals surface area contributed by atoms with Crippen LogP contribution in [-0.2, 0) is 10.5 Å². The summed E-state index contributed by atoms with van der Waals surface area (Å²) in [6, 6.07) is 9.98. The Bertz CT molecular complexity index is 482. The molecule has 2 aromatic rings. The molecule has 2 heterocycles. The van der Waals surface area contributed by atoms with Gasteiger partial charge in [-0.15, -0.1) is 4.80 Å². The Morgan fingerprint density at radius 2 is 2.00 bits per heavy atom. The number of aliphatic hydroxyl groups is 1. The zero-order valence-electron chi connectivity index (χ0n) is 9.23. The van der Waals surface area contributed by atoms with E-state index in [0.717, 1.165) is 5.56 Å². The van der Waals surface area contributed by atoms with Gasteiger partial charge in [0, 0.05) is 0 Å². The van der Waals surface area contributed by atoms with Crippen LogP contribution in [0.3, 0.4) is 0 Å². The molecule has 0 bridgehead atoms. The summed E-state index contributed by atoms with van der Waals surface area (Å²) in [5.41, 5.74) is 0.287. The van der Waals surface area contributed by atoms with Crippen LogP contribution in [0, 0.1) is 0 Å². The highest BCUT2D eigenvalue weighted by Gasteiger charge is 2.52. The standard InChI is InChI=1S/C12H13N3O2/c16-9-12(15-13-6-7-14-15)11(8-17-12)10-4-2-1-3-5-10/h1-7,11,16H,8-9H2. The third-order valence-corrected chi connectivity index (χ3v) is 3.23. The van der Waals surface area contributed by atoms with Crippen molar-refractivity contribution in [3.63, 3.8) is 0 Å². The zero-order valence-corrected chi connectivity index (χ0v) is 9.23. The van der Waals surface area contributed by atoms with E-state index in [1.807, 2.05) is 30.3 Å². The van der Waals surface area contributed by atoms with Gasteiger partial charge in [0.25, 0.3) is 0 Å². The van der Waals surface area contributed by atoms with Gasteiger partial charge in [-0.1, -0.05) is 30.3 Å². The lowest BCUT2D eigenvalue weighted by atomic mass is 9.85. The van der Waals surface area contributed by atoms with Crippen molar-refractivity contribution in [1.29, 1.82) is 0 Å². The largest absolute Gasteiger partial charge is 0.391 e. The van der Waals surface area contributed by atoms with E-state index >= 15 is 0 Å². The van der Waals surface area contributed by atoms with Crippen LogP contribution in [0.5, 0.6) is 0 Å². The van der Waals surface area contributed by atoms with Gasteiger partial charge in [0.2, 0.25) is 5.72 Å². The first kappa shape index (κ1) is 10.4. The molecule has 1 aromatic carbocycles. The van der Waals surface area contributed by atoms with E-state index in [-0.39, 0.29) is 12.5 Å². The number of nitrogens with zero attached hydrogens (tertiary/aromatic N) is 3. The first-order valence-corrected chi connectivity index (χ1v) is 5.53. The van der Waals surface area contributed by atoms with E-state index < -0.39 is 5.72 Å². The SMILES string of the molecule is OCC1(n2nccn2)OCC1c1ccccc1. The van der Waals surface area contributed by atoms with Crippen LogP contribution in [-0.4, -0.2) is 33.3 Å². The molecule has 88 valence electrons. The number of ether oxygens (including phenoxy) is 1. The highest BCUT2D eigenvalue weighted by Crippen LogP contribution is 2.43. The van der Waals surface area contributed by atoms with Crippen LogP contribution >= 0.6 is 0 Å². The third-order valence-electron chi connectivity index (χ3n) is 3.23. The molecule has 0 saturated carbocycles. The lowest BCUT2D eigenvalue weighted by Gasteiger charge is -2.46. The molecule has 1 aliphatic heterocycles. The fourth-order valence-electron chi connectivity index (χ4n) is 2.23. The lowest BCUT2D eigenvalue weighted by Crippen LogP contribution is -2.57. The minimum Gasteiger partial charge on any atom is -0.391 e. The van der Waals surface area contributed by atoms with Crippen molar-refractivity contribution in [2.75, 3.05) is 13.2 Å². The van der Waals surface area contributed by atoms with Crippen LogP contribution in [0.25, 0.3) is 0 Å². The summed E-state index contributed by atoms with van der Waals surface area (Å²) >= 11 is 0. The number of hydrogen-bond donors (Lipinski definition) is 1. The maximum absolute atomic E-state index is 9.61. The third kappa shape index (κ3) is 1.47. The second-order valence-electron chi connectivity index (χ2n) is 4.10. The molecule has 0 aliphatic carbocycles. The van der Waals surface area contributed by atoms with Crippen molar-refractivity contribution in [3.8, 4) is 0 Å². The first-order chi connectivity index (χ1) is 8.37. The molecule has 0 radical (unpaired) electrons. The Kier molecular flexibility index (Phi) is 2.42. The molecule has 1 fully saturated rings. The summed E-state index contributed by atoms with van der Waals surface area (Å²) in [7, 11) is 0. The summed E-state index contributed by atoms with van der Waals surface area (Å²) < 4.78 is 5.57. The minimum absolute atomic E-state index is 0.0844. The summed E-state index contributed by atoms with van der Waals surface area (Å²) in [5, 5.41) is 17.8. The zero-order chi connectivity index (χ0) is 11.7. The average Bonchev–Trinajstić information content (AvgIpc) is 2.85. The number of aliphatic hydroxyl groups excluding tert-OH is 1. The van der Waals surface area contributed by atoms with Crippen molar-refractivity contribution >= 4 is 0 Å². The van der Waals surface area contributed by atoms with Gasteiger partial charge in [-0.3, -0.25) is 0 Å². The van der Waals surface area contributed by atoms with Crippen LogP contribution < -0.4 is 0 Å². The predicted molar refractivity (Wildman–Crippen MR) is 60.2 cm³/mol. The summed E-state index contributed by atoms with van der Waals surface area (Å²) in [6.07, 6.45) is 3.17. The molecule has 5 heteroatoms. The number of aromatic nitrogens is 3. The Hall–Kier alpha value is -1.72. The van der Waals surface area contributed by atoms with Gasteiger partial charge in [0.05, 0.1) is 31.5 Å². The summed E-state index contributed by atoms with van der Waals surface area (Å²) in [5.74, 6) is 0.0844. The number of benzene rings is 1. The van der Waals surface area contributed by atoms with Crippen molar-refractivity contribution in [1.82, 2.24) is 15.0 Å². The Morgan fingerprint density at radius 3 is 2.53 bits per heavy atom. The van der Waals surface area contributed by atoms with Gasteiger partial charge in [-0.2, -0.15) is 10.2 Å². The fraction of sp³-hybridized carbons (Fsp3) is 0.333. The molecule has 1 saturated heterocycles. The fourth-order valence-corrected chi connectivity index (χ4v) is 2.23. The molecule has 17 heavy (non-hydrogen) atoms. The van der Waals surface area contributed by atoms with E-state index in [4.69, 9.17) is 4.74 Å².